The smallest absolute Gasteiger partial charge is 0.426 e. The van der Waals surface area contributed by atoms with Crippen LogP contribution in [0.2, 0.25) is 0 Å². The third-order valence-corrected chi connectivity index (χ3v) is 14.3. The van der Waals surface area contributed by atoms with Crippen LogP contribution in [0.4, 0.5) is 56.1 Å². The lowest BCUT2D eigenvalue weighted by Crippen LogP contribution is -2.45. The van der Waals surface area contributed by atoms with E-state index in [1.165, 1.54) is 40.1 Å². The number of carbonyl (C=O) groups excluding carboxylic acids is 4. The summed E-state index contributed by atoms with van der Waals surface area (Å²) in [5.41, 5.74) is 0.676. The molecule has 0 N–H and O–H groups in total. The molecule has 0 bridgehead atoms. The van der Waals surface area contributed by atoms with Gasteiger partial charge in [0.2, 0.25) is 5.91 Å². The molecule has 4 heterocycles. The normalized spacial score (nSPS) is 13.4. The van der Waals surface area contributed by atoms with E-state index in [2.05, 4.69) is 0 Å². The average Bonchev–Trinajstić information content (AvgIpc) is 4.34. The van der Waals surface area contributed by atoms with Crippen LogP contribution in [-0.2, 0) is 62.2 Å². The maximum absolute atomic E-state index is 15.3. The Morgan fingerprint density at radius 1 is 0.556 bits per heavy atom. The molecule has 0 spiro atoms. The van der Waals surface area contributed by atoms with Crippen molar-refractivity contribution in [2.75, 3.05) is 36.0 Å². The van der Waals surface area contributed by atoms with E-state index in [-0.39, 0.29) is 65.9 Å². The van der Waals surface area contributed by atoms with Crippen molar-refractivity contribution >= 4 is 58.1 Å². The van der Waals surface area contributed by atoms with Crippen LogP contribution in [0.5, 0.6) is 11.5 Å². The van der Waals surface area contributed by atoms with Gasteiger partial charge in [0, 0.05) is 52.6 Å². The zero-order valence-corrected chi connectivity index (χ0v) is 47.6. The van der Waals surface area contributed by atoms with Crippen LogP contribution in [0.15, 0.2) is 97.1 Å². The summed E-state index contributed by atoms with van der Waals surface area (Å²) in [5, 5.41) is 0. The summed E-state index contributed by atoms with van der Waals surface area (Å²) in [7, 11) is 0. The number of ether oxygens (including phenoxy) is 5. The Morgan fingerprint density at radius 2 is 0.975 bits per heavy atom. The Kier molecular flexibility index (Phi) is 18.6. The predicted molar refractivity (Wildman–Crippen MR) is 293 cm³/mol. The van der Waals surface area contributed by atoms with Gasteiger partial charge in [0.25, 0.3) is 0 Å². The fourth-order valence-corrected chi connectivity index (χ4v) is 10.5. The summed E-state index contributed by atoms with van der Waals surface area (Å²) in [4.78, 5) is 54.0. The van der Waals surface area contributed by atoms with E-state index in [0.29, 0.717) is 74.9 Å². The van der Waals surface area contributed by atoms with E-state index < -0.39 is 81.2 Å². The van der Waals surface area contributed by atoms with Crippen molar-refractivity contribution in [3.05, 3.63) is 139 Å². The number of halogens is 8. The first-order chi connectivity index (χ1) is 37.7. The van der Waals surface area contributed by atoms with Gasteiger partial charge in [0.15, 0.2) is 23.1 Å². The molecule has 2 aliphatic heterocycles. The Labute approximate surface area is 472 Å². The van der Waals surface area contributed by atoms with Gasteiger partial charge in [-0.05, 0) is 122 Å². The third kappa shape index (κ3) is 16.5. The van der Waals surface area contributed by atoms with Crippen molar-refractivity contribution in [1.29, 1.82) is 0 Å². The number of fused-ring (bicyclic) bond motifs is 2. The number of nitrogens with zero attached hydrogens (tertiary/aromatic N) is 3. The lowest BCUT2D eigenvalue weighted by atomic mass is 10.1. The first kappa shape index (κ1) is 61.4. The topological polar surface area (TPSA) is 124 Å². The molecule has 434 valence electrons. The van der Waals surface area contributed by atoms with Crippen molar-refractivity contribution < 1.29 is 78.0 Å². The number of carbonyl (C=O) groups is 4. The van der Waals surface area contributed by atoms with Crippen LogP contribution in [-0.4, -0.2) is 71.9 Å². The van der Waals surface area contributed by atoms with Crippen LogP contribution in [0.25, 0.3) is 22.3 Å². The number of hydrogen-bond acceptors (Lipinski definition) is 11. The molecule has 0 saturated carbocycles. The van der Waals surface area contributed by atoms with E-state index in [1.54, 1.807) is 123 Å². The molecular weight excluding hydrogens is 1110 g/mol. The standard InChI is InChI=1S/C34H38F4N2O6S.C25H23F4NO3S/c1-32(2,3)45-29(42)13-14-39(31(43)46-33(4,5)6)19-28(41)40-15-12-22-16-27(25(35)18-26(22)40)44-20-23-17-24(21-10-8-7-9-11-21)30(47-23)34(36,37)38;1-24(2,3)33-23(31)30-10-9-16-11-21(19(26)13-20(16)30)32-14-17-12-18(15-7-5-4-6-8-15)22(34-17)25(27,28)29/h7-11,16-18H,12-15,19-20H2,1-6H3;4-8,11-13H,9-10,14H2,1-3H3. The minimum atomic E-state index is -4.57. The fraction of sp³-hybridized carbons (Fsp3) is 0.390. The molecule has 4 aromatic carbocycles. The molecule has 6 aromatic rings. The molecule has 8 rings (SSSR count). The molecule has 0 saturated heterocycles. The minimum Gasteiger partial charge on any atom is -0.485 e. The number of rotatable bonds is 13. The molecule has 0 unspecified atom stereocenters. The van der Waals surface area contributed by atoms with Crippen LogP contribution in [0, 0.1) is 11.6 Å². The van der Waals surface area contributed by atoms with Gasteiger partial charge in [0.05, 0.1) is 17.8 Å². The van der Waals surface area contributed by atoms with Gasteiger partial charge in [-0.15, -0.1) is 22.7 Å². The molecular formula is C59H61F8N3O9S2. The number of alkyl halides is 6. The minimum absolute atomic E-state index is 0.0248. The highest BCUT2D eigenvalue weighted by molar-refractivity contribution is 7.13. The number of anilines is 2. The maximum Gasteiger partial charge on any atom is 0.426 e. The Bertz CT molecular complexity index is 3230. The SMILES string of the molecule is CC(C)(C)OC(=O)CCN(CC(=O)N1CCc2cc(OCc3cc(-c4ccccc4)c(C(F)(F)F)s3)c(F)cc21)C(=O)OC(C)(C)C.CC(C)(C)OC(=O)N1CCc2cc(OCc3cc(-c4ccccc4)c(C(F)(F)F)s3)c(F)cc21. The third-order valence-electron chi connectivity index (χ3n) is 11.9. The van der Waals surface area contributed by atoms with Crippen molar-refractivity contribution in [3.63, 3.8) is 0 Å². The largest absolute Gasteiger partial charge is 0.485 e. The van der Waals surface area contributed by atoms with Gasteiger partial charge in [0.1, 0.15) is 46.3 Å². The summed E-state index contributed by atoms with van der Waals surface area (Å²) in [6.45, 7) is 14.9. The molecule has 2 aromatic heterocycles. The lowest BCUT2D eigenvalue weighted by Gasteiger charge is -2.29. The Balaban J connectivity index is 0.000000246. The summed E-state index contributed by atoms with van der Waals surface area (Å²) >= 11 is 1.12. The van der Waals surface area contributed by atoms with E-state index >= 15 is 4.39 Å². The summed E-state index contributed by atoms with van der Waals surface area (Å²) in [6, 6.07) is 24.6. The second-order valence-corrected chi connectivity index (χ2v) is 24.2. The molecule has 3 amide bonds. The Hall–Kier alpha value is -7.20. The molecule has 22 heteroatoms. The average molecular weight is 1170 g/mol. The first-order valence-corrected chi connectivity index (χ1v) is 27.3. The van der Waals surface area contributed by atoms with Gasteiger partial charge < -0.3 is 28.6 Å². The fourth-order valence-electron chi connectivity index (χ4n) is 8.60. The van der Waals surface area contributed by atoms with Crippen LogP contribution in [0.1, 0.15) is 99.4 Å². The van der Waals surface area contributed by atoms with Crippen LogP contribution >= 0.6 is 22.7 Å². The highest BCUT2D eigenvalue weighted by Crippen LogP contribution is 2.45. The number of benzene rings is 4. The molecule has 0 fully saturated rings. The van der Waals surface area contributed by atoms with E-state index in [4.69, 9.17) is 23.7 Å². The molecule has 12 nitrogen and oxygen atoms in total. The number of amides is 3. The second kappa shape index (κ2) is 24.5. The van der Waals surface area contributed by atoms with Gasteiger partial charge >= 0.3 is 30.5 Å². The van der Waals surface area contributed by atoms with Crippen molar-refractivity contribution in [3.8, 4) is 33.8 Å². The van der Waals surface area contributed by atoms with Crippen molar-refractivity contribution in [2.45, 2.75) is 124 Å². The van der Waals surface area contributed by atoms with E-state index in [0.717, 1.165) is 11.0 Å². The number of esters is 1. The molecule has 2 aliphatic rings. The summed E-state index contributed by atoms with van der Waals surface area (Å²) in [6.07, 6.45) is -9.77. The van der Waals surface area contributed by atoms with Crippen LogP contribution in [0.3, 0.4) is 0 Å². The monoisotopic (exact) mass is 1170 g/mol. The molecule has 0 radical (unpaired) electrons. The summed E-state index contributed by atoms with van der Waals surface area (Å²) in [5.74, 6) is -2.80. The number of thiophene rings is 2. The van der Waals surface area contributed by atoms with Gasteiger partial charge in [-0.1, -0.05) is 60.7 Å². The predicted octanol–water partition coefficient (Wildman–Crippen LogP) is 15.5. The highest BCUT2D eigenvalue weighted by atomic mass is 32.1. The van der Waals surface area contributed by atoms with E-state index in [1.807, 2.05) is 0 Å². The van der Waals surface area contributed by atoms with Gasteiger partial charge in [-0.3, -0.25) is 19.4 Å². The second-order valence-electron chi connectivity index (χ2n) is 22.0. The molecule has 81 heavy (non-hydrogen) atoms. The number of hydrogen-bond donors (Lipinski definition) is 0. The quantitative estimate of drug-likeness (QED) is 0.0631. The lowest BCUT2D eigenvalue weighted by molar-refractivity contribution is -0.155. The van der Waals surface area contributed by atoms with Crippen LogP contribution < -0.4 is 19.3 Å². The Morgan fingerprint density at radius 3 is 1.40 bits per heavy atom. The zero-order chi connectivity index (χ0) is 59.4. The molecule has 0 aliphatic carbocycles. The van der Waals surface area contributed by atoms with Gasteiger partial charge in [-0.2, -0.15) is 26.3 Å². The summed E-state index contributed by atoms with van der Waals surface area (Å²) < 4.78 is 140. The van der Waals surface area contributed by atoms with Crippen molar-refractivity contribution in [1.82, 2.24) is 4.90 Å². The molecule has 0 atom stereocenters. The highest BCUT2D eigenvalue weighted by Gasteiger charge is 2.39. The zero-order valence-electron chi connectivity index (χ0n) is 46.0. The first-order valence-electron chi connectivity index (χ1n) is 25.6. The maximum atomic E-state index is 15.3. The van der Waals surface area contributed by atoms with Gasteiger partial charge in [-0.25, -0.2) is 18.4 Å². The van der Waals surface area contributed by atoms with Crippen molar-refractivity contribution in [2.24, 2.45) is 0 Å². The van der Waals surface area contributed by atoms with E-state index in [9.17, 15) is 49.9 Å².